The highest BCUT2D eigenvalue weighted by Gasteiger charge is 2.24. The van der Waals surface area contributed by atoms with Gasteiger partial charge in [0.1, 0.15) is 17.7 Å². The number of carbonyl (C=O) groups is 1. The molecule has 0 aliphatic carbocycles. The van der Waals surface area contributed by atoms with E-state index < -0.39 is 29.3 Å². The van der Waals surface area contributed by atoms with Crippen molar-refractivity contribution in [2.24, 2.45) is 7.05 Å². The predicted molar refractivity (Wildman–Crippen MR) is 98.2 cm³/mol. The third kappa shape index (κ3) is 4.14. The van der Waals surface area contributed by atoms with Gasteiger partial charge in [0.15, 0.2) is 12.4 Å². The maximum Gasteiger partial charge on any atom is 0.310 e. The van der Waals surface area contributed by atoms with Crippen molar-refractivity contribution in [3.63, 3.8) is 0 Å². The summed E-state index contributed by atoms with van der Waals surface area (Å²) in [5, 5.41) is 13.7. The minimum Gasteiger partial charge on any atom is -0.477 e. The Labute approximate surface area is 159 Å². The molecular weight excluding hydrogens is 367 g/mol. The van der Waals surface area contributed by atoms with Gasteiger partial charge in [-0.25, -0.2) is 9.37 Å². The maximum atomic E-state index is 14.3. The number of carbonyl (C=O) groups excluding carboxylic acids is 1. The zero-order valence-electron chi connectivity index (χ0n) is 14.9. The minimum absolute atomic E-state index is 0.0258. The van der Waals surface area contributed by atoms with Crippen LogP contribution in [-0.2, 0) is 11.8 Å². The number of nitrogens with one attached hydrogen (secondary N) is 1. The van der Waals surface area contributed by atoms with Gasteiger partial charge in [-0.2, -0.15) is 0 Å². The molecule has 1 amide bonds. The van der Waals surface area contributed by atoms with Gasteiger partial charge in [-0.3, -0.25) is 14.9 Å². The first-order valence-electron chi connectivity index (χ1n) is 8.34. The molecule has 0 radical (unpaired) electrons. The standard InChI is InChI=1S/C19H17FN4O4/c1-23-11-10-21-19(23)18(13-6-2-3-7-14(13)20)22-17(25)12-28-16-9-5-4-8-15(16)24(26)27/h2-11,18H,12H2,1H3,(H,22,25)/t18-/m0/s1. The molecule has 0 aliphatic rings. The number of benzene rings is 2. The number of amides is 1. The molecule has 3 aromatic rings. The molecule has 0 saturated carbocycles. The Balaban J connectivity index is 1.79. The van der Waals surface area contributed by atoms with Crippen LogP contribution in [0.25, 0.3) is 0 Å². The van der Waals surface area contributed by atoms with Gasteiger partial charge in [0.05, 0.1) is 4.92 Å². The number of nitro benzene ring substituents is 1. The average molecular weight is 384 g/mol. The average Bonchev–Trinajstić information content (AvgIpc) is 3.11. The van der Waals surface area contributed by atoms with Crippen molar-refractivity contribution in [2.75, 3.05) is 6.61 Å². The molecular formula is C19H17FN4O4. The van der Waals surface area contributed by atoms with Crippen LogP contribution in [0.3, 0.4) is 0 Å². The summed E-state index contributed by atoms with van der Waals surface area (Å²) in [4.78, 5) is 27.1. The number of para-hydroxylation sites is 2. The Morgan fingerprint density at radius 1 is 1.29 bits per heavy atom. The van der Waals surface area contributed by atoms with Crippen molar-refractivity contribution in [1.29, 1.82) is 0 Å². The van der Waals surface area contributed by atoms with E-state index in [4.69, 9.17) is 4.74 Å². The number of nitrogens with zero attached hydrogens (tertiary/aromatic N) is 3. The van der Waals surface area contributed by atoms with Crippen molar-refractivity contribution in [2.45, 2.75) is 6.04 Å². The highest BCUT2D eigenvalue weighted by molar-refractivity contribution is 5.78. The quantitative estimate of drug-likeness (QED) is 0.499. The molecule has 144 valence electrons. The second kappa shape index (κ2) is 8.30. The van der Waals surface area contributed by atoms with Crippen molar-refractivity contribution < 1.29 is 18.8 Å². The molecule has 1 N–H and O–H groups in total. The Hall–Kier alpha value is -3.75. The van der Waals surface area contributed by atoms with E-state index in [0.29, 0.717) is 5.82 Å². The van der Waals surface area contributed by atoms with Gasteiger partial charge < -0.3 is 14.6 Å². The number of hydrogen-bond acceptors (Lipinski definition) is 5. The first-order valence-corrected chi connectivity index (χ1v) is 8.34. The van der Waals surface area contributed by atoms with E-state index in [1.807, 2.05) is 0 Å². The second-order valence-electron chi connectivity index (χ2n) is 5.93. The molecule has 2 aromatic carbocycles. The number of hydrogen-bond donors (Lipinski definition) is 1. The third-order valence-corrected chi connectivity index (χ3v) is 4.06. The molecule has 1 aromatic heterocycles. The first-order chi connectivity index (χ1) is 13.5. The number of aromatic nitrogens is 2. The van der Waals surface area contributed by atoms with Crippen LogP contribution < -0.4 is 10.1 Å². The zero-order valence-corrected chi connectivity index (χ0v) is 14.9. The molecule has 0 aliphatic heterocycles. The van der Waals surface area contributed by atoms with Crippen LogP contribution in [-0.4, -0.2) is 27.0 Å². The van der Waals surface area contributed by atoms with E-state index in [0.717, 1.165) is 0 Å². The van der Waals surface area contributed by atoms with E-state index in [1.165, 1.54) is 24.3 Å². The van der Waals surface area contributed by atoms with Crippen LogP contribution >= 0.6 is 0 Å². The fourth-order valence-corrected chi connectivity index (χ4v) is 2.72. The van der Waals surface area contributed by atoms with E-state index in [-0.39, 0.29) is 17.0 Å². The summed E-state index contributed by atoms with van der Waals surface area (Å²) in [6.07, 6.45) is 3.22. The highest BCUT2D eigenvalue weighted by Crippen LogP contribution is 2.26. The molecule has 0 saturated heterocycles. The van der Waals surface area contributed by atoms with Crippen molar-refractivity contribution in [1.82, 2.24) is 14.9 Å². The first kappa shape index (κ1) is 19.0. The SMILES string of the molecule is Cn1ccnc1[C@@H](NC(=O)COc1ccccc1[N+](=O)[O-])c1ccccc1F. The highest BCUT2D eigenvalue weighted by atomic mass is 19.1. The lowest BCUT2D eigenvalue weighted by molar-refractivity contribution is -0.385. The molecule has 0 bridgehead atoms. The van der Waals surface area contributed by atoms with Crippen LogP contribution in [0.15, 0.2) is 60.9 Å². The molecule has 1 atom stereocenters. The van der Waals surface area contributed by atoms with Crippen molar-refractivity contribution in [3.8, 4) is 5.75 Å². The van der Waals surface area contributed by atoms with E-state index in [1.54, 1.807) is 48.3 Å². The number of rotatable bonds is 7. The van der Waals surface area contributed by atoms with E-state index >= 15 is 0 Å². The normalized spacial score (nSPS) is 11.6. The van der Waals surface area contributed by atoms with Crippen LogP contribution in [0.4, 0.5) is 10.1 Å². The Morgan fingerprint density at radius 2 is 2.00 bits per heavy atom. The van der Waals surface area contributed by atoms with Gasteiger partial charge in [-0.15, -0.1) is 0 Å². The van der Waals surface area contributed by atoms with Gasteiger partial charge in [-0.05, 0) is 12.1 Å². The number of aryl methyl sites for hydroxylation is 1. The van der Waals surface area contributed by atoms with Crippen molar-refractivity contribution in [3.05, 3.63) is 88.2 Å². The lowest BCUT2D eigenvalue weighted by Gasteiger charge is -2.19. The molecule has 3 rings (SSSR count). The van der Waals surface area contributed by atoms with Crippen LogP contribution in [0.2, 0.25) is 0 Å². The summed E-state index contributed by atoms with van der Waals surface area (Å²) in [7, 11) is 1.73. The largest absolute Gasteiger partial charge is 0.477 e. The number of halogens is 1. The van der Waals surface area contributed by atoms with Gasteiger partial charge in [0.25, 0.3) is 5.91 Å². The summed E-state index contributed by atoms with van der Waals surface area (Å²) >= 11 is 0. The Bertz CT molecular complexity index is 1000. The summed E-state index contributed by atoms with van der Waals surface area (Å²) in [6.45, 7) is -0.472. The summed E-state index contributed by atoms with van der Waals surface area (Å²) in [5.41, 5.74) is 0.000830. The second-order valence-corrected chi connectivity index (χ2v) is 5.93. The fraction of sp³-hybridized carbons (Fsp3) is 0.158. The monoisotopic (exact) mass is 384 g/mol. The lowest BCUT2D eigenvalue weighted by Crippen LogP contribution is -2.35. The maximum absolute atomic E-state index is 14.3. The van der Waals surface area contributed by atoms with E-state index in [9.17, 15) is 19.3 Å². The van der Waals surface area contributed by atoms with Crippen LogP contribution in [0.1, 0.15) is 17.4 Å². The van der Waals surface area contributed by atoms with Gasteiger partial charge in [0.2, 0.25) is 0 Å². The van der Waals surface area contributed by atoms with E-state index in [2.05, 4.69) is 10.3 Å². The van der Waals surface area contributed by atoms with Crippen LogP contribution in [0.5, 0.6) is 5.75 Å². The fourth-order valence-electron chi connectivity index (χ4n) is 2.72. The molecule has 1 heterocycles. The minimum atomic E-state index is -0.844. The summed E-state index contributed by atoms with van der Waals surface area (Å²) in [6, 6.07) is 11.0. The molecule has 8 nitrogen and oxygen atoms in total. The molecule has 28 heavy (non-hydrogen) atoms. The summed E-state index contributed by atoms with van der Waals surface area (Å²) in [5.74, 6) is -0.656. The van der Waals surface area contributed by atoms with Crippen LogP contribution in [0, 0.1) is 15.9 Å². The molecule has 0 unspecified atom stereocenters. The zero-order chi connectivity index (χ0) is 20.1. The number of nitro groups is 1. The Morgan fingerprint density at radius 3 is 2.68 bits per heavy atom. The molecule has 0 fully saturated rings. The van der Waals surface area contributed by atoms with Crippen molar-refractivity contribution >= 4 is 11.6 Å². The third-order valence-electron chi connectivity index (χ3n) is 4.06. The summed E-state index contributed by atoms with van der Waals surface area (Å²) < 4.78 is 21.3. The Kier molecular flexibility index (Phi) is 5.64. The smallest absolute Gasteiger partial charge is 0.310 e. The van der Waals surface area contributed by atoms with Gasteiger partial charge in [-0.1, -0.05) is 30.3 Å². The number of ether oxygens (including phenoxy) is 1. The lowest BCUT2D eigenvalue weighted by atomic mass is 10.1. The van der Waals surface area contributed by atoms with Gasteiger partial charge in [0, 0.05) is 31.1 Å². The predicted octanol–water partition coefficient (Wildman–Crippen LogP) is 2.75. The molecule has 0 spiro atoms. The molecule has 9 heteroatoms. The number of imidazole rings is 1. The topological polar surface area (TPSA) is 99.3 Å². The van der Waals surface area contributed by atoms with Gasteiger partial charge >= 0.3 is 5.69 Å².